The molecule has 0 saturated heterocycles. The first-order valence-corrected chi connectivity index (χ1v) is 8.44. The van der Waals surface area contributed by atoms with Crippen LogP contribution in [0.4, 0.5) is 5.69 Å². The Morgan fingerprint density at radius 3 is 2.55 bits per heavy atom. The number of hydrogen-bond acceptors (Lipinski definition) is 1. The maximum atomic E-state index is 4.66. The Balaban J connectivity index is 1.85. The molecule has 2 aromatic rings. The molecular weight excluding hydrogens is 268 g/mol. The van der Waals surface area contributed by atoms with Gasteiger partial charge in [-0.25, -0.2) is 0 Å². The van der Waals surface area contributed by atoms with Gasteiger partial charge >= 0.3 is 0 Å². The van der Waals surface area contributed by atoms with Crippen molar-refractivity contribution >= 4 is 11.9 Å². The molecule has 2 heteroatoms. The van der Waals surface area contributed by atoms with E-state index in [0.29, 0.717) is 6.04 Å². The molecule has 0 unspecified atom stereocenters. The summed E-state index contributed by atoms with van der Waals surface area (Å²) in [7, 11) is 0. The number of aryl methyl sites for hydroxylation is 2. The molecule has 0 aliphatic heterocycles. The summed E-state index contributed by atoms with van der Waals surface area (Å²) in [6, 6.07) is 11.3. The molecule has 0 bridgehead atoms. The van der Waals surface area contributed by atoms with Crippen LogP contribution in [0.15, 0.2) is 35.3 Å². The van der Waals surface area contributed by atoms with Gasteiger partial charge in [0.2, 0.25) is 0 Å². The summed E-state index contributed by atoms with van der Waals surface area (Å²) < 4.78 is 2.54. The molecule has 1 aromatic carbocycles. The monoisotopic (exact) mass is 294 g/mol. The maximum Gasteiger partial charge on any atom is 0.0632 e. The van der Waals surface area contributed by atoms with Crippen molar-refractivity contribution in [3.8, 4) is 0 Å². The van der Waals surface area contributed by atoms with Crippen LogP contribution in [0.3, 0.4) is 0 Å². The van der Waals surface area contributed by atoms with E-state index < -0.39 is 0 Å². The summed E-state index contributed by atoms with van der Waals surface area (Å²) in [4.78, 5) is 4.66. The van der Waals surface area contributed by atoms with Crippen LogP contribution in [-0.2, 0) is 0 Å². The van der Waals surface area contributed by atoms with Gasteiger partial charge in [0, 0.05) is 29.2 Å². The molecule has 1 aromatic heterocycles. The van der Waals surface area contributed by atoms with Crippen LogP contribution in [0.25, 0.3) is 0 Å². The quantitative estimate of drug-likeness (QED) is 0.649. The van der Waals surface area contributed by atoms with Gasteiger partial charge in [-0.15, -0.1) is 0 Å². The predicted octanol–water partition coefficient (Wildman–Crippen LogP) is 5.67. The van der Waals surface area contributed by atoms with Gasteiger partial charge in [0.15, 0.2) is 0 Å². The lowest BCUT2D eigenvalue weighted by atomic mass is 9.95. The zero-order valence-corrected chi connectivity index (χ0v) is 14.0. The summed E-state index contributed by atoms with van der Waals surface area (Å²) in [5.41, 5.74) is 6.27. The fraction of sp³-hybridized carbons (Fsp3) is 0.450. The van der Waals surface area contributed by atoms with Crippen LogP contribution in [0, 0.1) is 20.8 Å². The Hall–Kier alpha value is -1.83. The maximum absolute atomic E-state index is 4.66. The van der Waals surface area contributed by atoms with Gasteiger partial charge in [-0.2, -0.15) is 0 Å². The third kappa shape index (κ3) is 3.16. The summed E-state index contributed by atoms with van der Waals surface area (Å²) in [5.74, 6) is 0. The molecular formula is C20H26N2. The second-order valence-corrected chi connectivity index (χ2v) is 6.59. The third-order valence-electron chi connectivity index (χ3n) is 4.82. The molecule has 22 heavy (non-hydrogen) atoms. The standard InChI is InChI=1S/C20H26N2/c1-15-8-7-9-19(12-15)21-14-18-13-16(2)22(17(18)3)20-10-5-4-6-11-20/h7-9,12-14,20H,4-6,10-11H2,1-3H3. The van der Waals surface area contributed by atoms with Crippen molar-refractivity contribution in [1.82, 2.24) is 4.57 Å². The zero-order chi connectivity index (χ0) is 15.5. The molecule has 0 spiro atoms. The summed E-state index contributed by atoms with van der Waals surface area (Å²) >= 11 is 0. The summed E-state index contributed by atoms with van der Waals surface area (Å²) in [5, 5.41) is 0. The number of benzene rings is 1. The Morgan fingerprint density at radius 2 is 1.82 bits per heavy atom. The molecule has 0 amide bonds. The van der Waals surface area contributed by atoms with Gasteiger partial charge in [0.1, 0.15) is 0 Å². The Kier molecular flexibility index (Phi) is 4.47. The number of aliphatic imine (C=N–C) groups is 1. The minimum Gasteiger partial charge on any atom is -0.345 e. The third-order valence-corrected chi connectivity index (χ3v) is 4.82. The molecule has 1 saturated carbocycles. The zero-order valence-electron chi connectivity index (χ0n) is 14.0. The molecule has 1 aliphatic carbocycles. The van der Waals surface area contributed by atoms with Crippen LogP contribution >= 0.6 is 0 Å². The Morgan fingerprint density at radius 1 is 1.05 bits per heavy atom. The summed E-state index contributed by atoms with van der Waals surface area (Å²) in [6.07, 6.45) is 8.81. The predicted molar refractivity (Wildman–Crippen MR) is 94.5 cm³/mol. The average Bonchev–Trinajstić information content (AvgIpc) is 2.80. The highest BCUT2D eigenvalue weighted by Crippen LogP contribution is 2.31. The Bertz CT molecular complexity index is 673. The molecule has 2 nitrogen and oxygen atoms in total. The lowest BCUT2D eigenvalue weighted by Crippen LogP contribution is -2.15. The number of nitrogens with zero attached hydrogens (tertiary/aromatic N) is 2. The first kappa shape index (κ1) is 15.1. The topological polar surface area (TPSA) is 17.3 Å². The van der Waals surface area contributed by atoms with Crippen LogP contribution in [-0.4, -0.2) is 10.8 Å². The van der Waals surface area contributed by atoms with E-state index in [-0.39, 0.29) is 0 Å². The van der Waals surface area contributed by atoms with Crippen molar-refractivity contribution in [3.05, 3.63) is 52.8 Å². The van der Waals surface area contributed by atoms with Crippen LogP contribution < -0.4 is 0 Å². The van der Waals surface area contributed by atoms with E-state index in [9.17, 15) is 0 Å². The van der Waals surface area contributed by atoms with Gasteiger partial charge in [-0.1, -0.05) is 31.4 Å². The molecule has 0 atom stereocenters. The highest BCUT2D eigenvalue weighted by Gasteiger charge is 2.19. The second-order valence-electron chi connectivity index (χ2n) is 6.59. The molecule has 3 rings (SSSR count). The van der Waals surface area contributed by atoms with Crippen molar-refractivity contribution in [1.29, 1.82) is 0 Å². The van der Waals surface area contributed by atoms with E-state index in [2.05, 4.69) is 60.7 Å². The summed E-state index contributed by atoms with van der Waals surface area (Å²) in [6.45, 7) is 6.57. The van der Waals surface area contributed by atoms with Crippen LogP contribution in [0.2, 0.25) is 0 Å². The molecule has 1 aliphatic rings. The second kappa shape index (κ2) is 6.51. The first-order chi connectivity index (χ1) is 10.6. The smallest absolute Gasteiger partial charge is 0.0632 e. The van der Waals surface area contributed by atoms with Crippen molar-refractivity contribution in [2.24, 2.45) is 4.99 Å². The van der Waals surface area contributed by atoms with Crippen LogP contribution in [0.1, 0.15) is 60.7 Å². The normalized spacial score (nSPS) is 16.5. The van der Waals surface area contributed by atoms with Gasteiger partial charge in [-0.3, -0.25) is 4.99 Å². The van der Waals surface area contributed by atoms with E-state index in [1.807, 2.05) is 6.21 Å². The van der Waals surface area contributed by atoms with Crippen LogP contribution in [0.5, 0.6) is 0 Å². The van der Waals surface area contributed by atoms with E-state index >= 15 is 0 Å². The fourth-order valence-electron chi connectivity index (χ4n) is 3.69. The van der Waals surface area contributed by atoms with Gasteiger partial charge in [0.05, 0.1) is 5.69 Å². The number of hydrogen-bond donors (Lipinski definition) is 0. The van der Waals surface area contributed by atoms with E-state index in [1.165, 1.54) is 54.6 Å². The van der Waals surface area contributed by atoms with E-state index in [0.717, 1.165) is 5.69 Å². The highest BCUT2D eigenvalue weighted by molar-refractivity contribution is 5.84. The van der Waals surface area contributed by atoms with Crippen molar-refractivity contribution in [2.75, 3.05) is 0 Å². The van der Waals surface area contributed by atoms with Crippen molar-refractivity contribution < 1.29 is 0 Å². The minimum absolute atomic E-state index is 0.690. The van der Waals surface area contributed by atoms with E-state index in [1.54, 1.807) is 0 Å². The lowest BCUT2D eigenvalue weighted by Gasteiger charge is -2.26. The van der Waals surface area contributed by atoms with Gasteiger partial charge < -0.3 is 4.57 Å². The van der Waals surface area contributed by atoms with Gasteiger partial charge in [-0.05, 0) is 57.4 Å². The SMILES string of the molecule is Cc1cccc(N=Cc2cc(C)n(C3CCCCC3)c2C)c1. The lowest BCUT2D eigenvalue weighted by molar-refractivity contribution is 0.346. The van der Waals surface area contributed by atoms with Gasteiger partial charge in [0.25, 0.3) is 0 Å². The van der Waals surface area contributed by atoms with E-state index in [4.69, 9.17) is 0 Å². The Labute approximate surface area is 133 Å². The number of rotatable bonds is 3. The molecule has 116 valence electrons. The van der Waals surface area contributed by atoms with Crippen molar-refractivity contribution in [3.63, 3.8) is 0 Å². The molecule has 1 fully saturated rings. The fourth-order valence-corrected chi connectivity index (χ4v) is 3.69. The molecule has 1 heterocycles. The highest BCUT2D eigenvalue weighted by atomic mass is 15.0. The average molecular weight is 294 g/mol. The van der Waals surface area contributed by atoms with Crippen molar-refractivity contribution in [2.45, 2.75) is 58.9 Å². The number of aromatic nitrogens is 1. The molecule has 0 radical (unpaired) electrons. The first-order valence-electron chi connectivity index (χ1n) is 8.44. The minimum atomic E-state index is 0.690. The largest absolute Gasteiger partial charge is 0.345 e. The molecule has 0 N–H and O–H groups in total.